The predicted molar refractivity (Wildman–Crippen MR) is 88.7 cm³/mol. The zero-order valence-electron chi connectivity index (χ0n) is 12.4. The lowest BCUT2D eigenvalue weighted by Crippen LogP contribution is -2.14. The summed E-state index contributed by atoms with van der Waals surface area (Å²) in [5.74, 6) is -0.330. The van der Waals surface area contributed by atoms with Crippen molar-refractivity contribution in [3.8, 4) is 5.75 Å². The zero-order chi connectivity index (χ0) is 16.9. The first kappa shape index (κ1) is 16.0. The minimum Gasteiger partial charge on any atom is -0.470 e. The lowest BCUT2D eigenvalue weighted by atomic mass is 10.3. The summed E-state index contributed by atoms with van der Waals surface area (Å²) in [4.78, 5) is 12.1. The van der Waals surface area contributed by atoms with Crippen LogP contribution in [0.25, 0.3) is 0 Å². The first-order valence-corrected chi connectivity index (χ1v) is 7.47. The molecule has 0 bridgehead atoms. The second-order valence-electron chi connectivity index (χ2n) is 4.91. The van der Waals surface area contributed by atoms with Gasteiger partial charge in [0.1, 0.15) is 11.6 Å². The number of aromatic nitrogens is 2. The van der Waals surface area contributed by atoms with E-state index >= 15 is 0 Å². The van der Waals surface area contributed by atoms with Crippen molar-refractivity contribution in [3.05, 3.63) is 77.3 Å². The highest BCUT2D eigenvalue weighted by atomic mass is 35.5. The number of carbonyl (C=O) groups is 1. The molecule has 24 heavy (non-hydrogen) atoms. The summed E-state index contributed by atoms with van der Waals surface area (Å²) in [7, 11) is 0. The average Bonchev–Trinajstić information content (AvgIpc) is 3.03. The Morgan fingerprint density at radius 1 is 1.21 bits per heavy atom. The number of carbonyl (C=O) groups excluding carboxylic acids is 1. The van der Waals surface area contributed by atoms with E-state index in [4.69, 9.17) is 16.3 Å². The third-order valence-corrected chi connectivity index (χ3v) is 3.46. The van der Waals surface area contributed by atoms with Crippen molar-refractivity contribution in [3.63, 3.8) is 0 Å². The molecule has 0 saturated heterocycles. The first-order valence-electron chi connectivity index (χ1n) is 7.09. The fourth-order valence-corrected chi connectivity index (χ4v) is 2.20. The fourth-order valence-electron chi connectivity index (χ4n) is 2.01. The van der Waals surface area contributed by atoms with Crippen LogP contribution < -0.4 is 10.1 Å². The van der Waals surface area contributed by atoms with Crippen LogP contribution in [-0.4, -0.2) is 15.7 Å². The Morgan fingerprint density at radius 2 is 2.04 bits per heavy atom. The summed E-state index contributed by atoms with van der Waals surface area (Å²) in [6.45, 7) is 0.108. The lowest BCUT2D eigenvalue weighted by molar-refractivity contribution is 0.102. The Labute approximate surface area is 142 Å². The van der Waals surface area contributed by atoms with E-state index in [2.05, 4.69) is 10.4 Å². The van der Waals surface area contributed by atoms with Crippen LogP contribution in [-0.2, 0) is 6.73 Å². The van der Waals surface area contributed by atoms with Gasteiger partial charge in [0.05, 0.1) is 5.02 Å². The third kappa shape index (κ3) is 3.91. The molecule has 0 radical (unpaired) electrons. The molecule has 0 aliphatic rings. The molecule has 1 amide bonds. The van der Waals surface area contributed by atoms with Gasteiger partial charge in [-0.3, -0.25) is 4.79 Å². The quantitative estimate of drug-likeness (QED) is 0.761. The van der Waals surface area contributed by atoms with Gasteiger partial charge in [-0.15, -0.1) is 0 Å². The molecule has 0 fully saturated rings. The second kappa shape index (κ2) is 7.14. The zero-order valence-corrected chi connectivity index (χ0v) is 13.2. The maximum absolute atomic E-state index is 13.1. The van der Waals surface area contributed by atoms with Gasteiger partial charge < -0.3 is 10.1 Å². The molecule has 1 aromatic heterocycles. The average molecular weight is 346 g/mol. The van der Waals surface area contributed by atoms with E-state index in [1.54, 1.807) is 36.5 Å². The van der Waals surface area contributed by atoms with Gasteiger partial charge in [0, 0.05) is 11.9 Å². The molecular formula is C17H13ClFN3O2. The highest BCUT2D eigenvalue weighted by molar-refractivity contribution is 6.32. The number of nitrogens with zero attached hydrogens (tertiary/aromatic N) is 2. The number of para-hydroxylation sites is 1. The van der Waals surface area contributed by atoms with Crippen molar-refractivity contribution in [2.24, 2.45) is 0 Å². The van der Waals surface area contributed by atoms with Gasteiger partial charge in [0.2, 0.25) is 0 Å². The highest BCUT2D eigenvalue weighted by Gasteiger charge is 2.10. The first-order chi connectivity index (χ1) is 11.6. The number of rotatable bonds is 5. The number of amides is 1. The maximum atomic E-state index is 13.1. The summed E-state index contributed by atoms with van der Waals surface area (Å²) in [6, 6.07) is 14.3. The number of nitrogens with one attached hydrogen (secondary N) is 1. The van der Waals surface area contributed by atoms with Gasteiger partial charge in [-0.05, 0) is 36.4 Å². The van der Waals surface area contributed by atoms with Crippen molar-refractivity contribution < 1.29 is 13.9 Å². The topological polar surface area (TPSA) is 56.2 Å². The molecular weight excluding hydrogens is 333 g/mol. The van der Waals surface area contributed by atoms with E-state index in [9.17, 15) is 9.18 Å². The molecule has 1 heterocycles. The predicted octanol–water partition coefficient (Wildman–Crippen LogP) is 3.96. The Bertz CT molecular complexity index is 866. The van der Waals surface area contributed by atoms with Crippen molar-refractivity contribution in [1.29, 1.82) is 0 Å². The summed E-state index contributed by atoms with van der Waals surface area (Å²) >= 11 is 6.00. The highest BCUT2D eigenvalue weighted by Crippen LogP contribution is 2.23. The van der Waals surface area contributed by atoms with Crippen LogP contribution in [0.4, 0.5) is 10.1 Å². The minimum absolute atomic E-state index is 0.108. The van der Waals surface area contributed by atoms with Crippen molar-refractivity contribution in [2.75, 3.05) is 5.32 Å². The van der Waals surface area contributed by atoms with Crippen LogP contribution in [0, 0.1) is 5.82 Å². The second-order valence-corrected chi connectivity index (χ2v) is 5.32. The maximum Gasteiger partial charge on any atom is 0.276 e. The van der Waals surface area contributed by atoms with Crippen molar-refractivity contribution in [2.45, 2.75) is 6.73 Å². The van der Waals surface area contributed by atoms with Gasteiger partial charge in [-0.2, -0.15) is 5.10 Å². The molecule has 3 rings (SSSR count). The number of hydrogen-bond acceptors (Lipinski definition) is 3. The van der Waals surface area contributed by atoms with Crippen LogP contribution in [0.2, 0.25) is 5.02 Å². The smallest absolute Gasteiger partial charge is 0.276 e. The Kier molecular flexibility index (Phi) is 4.77. The van der Waals surface area contributed by atoms with E-state index in [1.165, 1.54) is 22.9 Å². The van der Waals surface area contributed by atoms with Gasteiger partial charge in [0.25, 0.3) is 5.91 Å². The number of anilines is 1. The normalized spacial score (nSPS) is 10.4. The summed E-state index contributed by atoms with van der Waals surface area (Å²) < 4.78 is 20.1. The molecule has 122 valence electrons. The van der Waals surface area contributed by atoms with Crippen molar-refractivity contribution in [1.82, 2.24) is 9.78 Å². The van der Waals surface area contributed by atoms with Crippen LogP contribution in [0.5, 0.6) is 5.75 Å². The van der Waals surface area contributed by atoms with Crippen LogP contribution in [0.15, 0.2) is 60.8 Å². The van der Waals surface area contributed by atoms with Crippen LogP contribution in [0.3, 0.4) is 0 Å². The molecule has 0 unspecified atom stereocenters. The van der Waals surface area contributed by atoms with Crippen LogP contribution >= 0.6 is 11.6 Å². The number of hydrogen-bond donors (Lipinski definition) is 1. The van der Waals surface area contributed by atoms with E-state index < -0.39 is 11.7 Å². The monoisotopic (exact) mass is 345 g/mol. The lowest BCUT2D eigenvalue weighted by Gasteiger charge is -2.07. The number of benzene rings is 2. The fraction of sp³-hybridized carbons (Fsp3) is 0.0588. The standard InChI is InChI=1S/C17H13ClFN3O2/c18-14-6-1-2-7-16(14)24-11-22-9-8-15(21-22)17(23)20-13-5-3-4-12(19)10-13/h1-10H,11H2,(H,20,23). The van der Waals surface area contributed by atoms with E-state index in [1.807, 2.05) is 6.07 Å². The Balaban J connectivity index is 1.62. The SMILES string of the molecule is O=C(Nc1cccc(F)c1)c1ccn(COc2ccccc2Cl)n1. The molecule has 0 saturated carbocycles. The minimum atomic E-state index is -0.433. The van der Waals surface area contributed by atoms with Gasteiger partial charge in [-0.25, -0.2) is 9.07 Å². The molecule has 0 aliphatic heterocycles. The molecule has 0 aliphatic carbocycles. The van der Waals surface area contributed by atoms with Gasteiger partial charge in [-0.1, -0.05) is 29.8 Å². The largest absolute Gasteiger partial charge is 0.470 e. The molecule has 2 aromatic carbocycles. The molecule has 7 heteroatoms. The number of halogens is 2. The third-order valence-electron chi connectivity index (χ3n) is 3.14. The summed E-state index contributed by atoms with van der Waals surface area (Å²) in [6.07, 6.45) is 1.61. The number of ether oxygens (including phenoxy) is 1. The molecule has 1 N–H and O–H groups in total. The molecule has 3 aromatic rings. The van der Waals surface area contributed by atoms with Gasteiger partial charge in [0.15, 0.2) is 12.4 Å². The molecule has 0 atom stereocenters. The van der Waals surface area contributed by atoms with E-state index in [-0.39, 0.29) is 12.4 Å². The van der Waals surface area contributed by atoms with E-state index in [0.717, 1.165) is 0 Å². The Morgan fingerprint density at radius 3 is 2.83 bits per heavy atom. The van der Waals surface area contributed by atoms with E-state index in [0.29, 0.717) is 16.5 Å². The summed E-state index contributed by atoms with van der Waals surface area (Å²) in [5.41, 5.74) is 0.559. The molecule has 0 spiro atoms. The summed E-state index contributed by atoms with van der Waals surface area (Å²) in [5, 5.41) is 7.19. The van der Waals surface area contributed by atoms with Crippen LogP contribution in [0.1, 0.15) is 10.5 Å². The Hall–Kier alpha value is -2.86. The van der Waals surface area contributed by atoms with Crippen molar-refractivity contribution >= 4 is 23.2 Å². The molecule has 5 nitrogen and oxygen atoms in total. The van der Waals surface area contributed by atoms with Gasteiger partial charge >= 0.3 is 0 Å².